The lowest BCUT2D eigenvalue weighted by atomic mass is 9.99. The van der Waals surface area contributed by atoms with Crippen LogP contribution in [-0.2, 0) is 13.0 Å². The maximum atomic E-state index is 13.6. The average Bonchev–Trinajstić information content (AvgIpc) is 2.44. The van der Waals surface area contributed by atoms with Crippen molar-refractivity contribution in [1.29, 1.82) is 0 Å². The summed E-state index contributed by atoms with van der Waals surface area (Å²) in [4.78, 5) is 2.35. The third-order valence-corrected chi connectivity index (χ3v) is 4.73. The first-order chi connectivity index (χ1) is 9.65. The van der Waals surface area contributed by atoms with Crippen molar-refractivity contribution >= 4 is 21.6 Å². The van der Waals surface area contributed by atoms with Gasteiger partial charge in [0.25, 0.3) is 0 Å². The Labute approximate surface area is 127 Å². The smallest absolute Gasteiger partial charge is 0.137 e. The monoisotopic (exact) mass is 333 g/mol. The molecule has 0 saturated carbocycles. The van der Waals surface area contributed by atoms with Crippen molar-refractivity contribution in [3.05, 3.63) is 63.4 Å². The van der Waals surface area contributed by atoms with Gasteiger partial charge in [0.2, 0.25) is 0 Å². The van der Waals surface area contributed by atoms with Crippen LogP contribution in [0.1, 0.15) is 23.1 Å². The number of hydrogen-bond donors (Lipinski definition) is 0. The van der Waals surface area contributed by atoms with E-state index in [-0.39, 0.29) is 5.82 Å². The quantitative estimate of drug-likeness (QED) is 0.759. The van der Waals surface area contributed by atoms with Crippen LogP contribution in [0.15, 0.2) is 40.9 Å². The average molecular weight is 334 g/mol. The normalized spacial score (nSPS) is 14.2. The molecule has 104 valence electrons. The summed E-state index contributed by atoms with van der Waals surface area (Å²) in [6.07, 6.45) is 2.29. The Hall–Kier alpha value is -1.35. The van der Waals surface area contributed by atoms with E-state index in [4.69, 9.17) is 0 Å². The molecule has 3 heteroatoms. The molecule has 2 aromatic carbocycles. The molecule has 20 heavy (non-hydrogen) atoms. The van der Waals surface area contributed by atoms with Crippen LogP contribution < -0.4 is 4.90 Å². The lowest BCUT2D eigenvalue weighted by Crippen LogP contribution is -2.29. The molecule has 0 radical (unpaired) electrons. The van der Waals surface area contributed by atoms with E-state index in [1.54, 1.807) is 6.07 Å². The van der Waals surface area contributed by atoms with Crippen molar-refractivity contribution in [2.24, 2.45) is 0 Å². The molecule has 0 atom stereocenters. The number of fused-ring (bicyclic) bond motifs is 1. The van der Waals surface area contributed by atoms with Crippen molar-refractivity contribution in [3.8, 4) is 0 Å². The minimum Gasteiger partial charge on any atom is -0.367 e. The van der Waals surface area contributed by atoms with Crippen LogP contribution in [0.2, 0.25) is 0 Å². The van der Waals surface area contributed by atoms with Gasteiger partial charge in [-0.05, 0) is 59.0 Å². The first-order valence-electron chi connectivity index (χ1n) is 6.92. The minimum absolute atomic E-state index is 0.191. The molecule has 0 spiro atoms. The molecule has 0 aromatic heterocycles. The Morgan fingerprint density at radius 1 is 1.25 bits per heavy atom. The van der Waals surface area contributed by atoms with E-state index in [1.165, 1.54) is 22.9 Å². The molecular formula is C17H17BrFN. The van der Waals surface area contributed by atoms with Crippen LogP contribution in [0.5, 0.6) is 0 Å². The number of benzene rings is 2. The number of halogens is 2. The fourth-order valence-corrected chi connectivity index (χ4v) is 3.23. The lowest BCUT2D eigenvalue weighted by molar-refractivity contribution is 0.615. The first-order valence-corrected chi connectivity index (χ1v) is 7.72. The maximum Gasteiger partial charge on any atom is 0.137 e. The predicted molar refractivity (Wildman–Crippen MR) is 84.7 cm³/mol. The Morgan fingerprint density at radius 3 is 2.95 bits per heavy atom. The van der Waals surface area contributed by atoms with Gasteiger partial charge in [0, 0.05) is 18.8 Å². The van der Waals surface area contributed by atoms with Crippen molar-refractivity contribution in [1.82, 2.24) is 0 Å². The lowest BCUT2D eigenvalue weighted by Gasteiger charge is -2.32. The van der Waals surface area contributed by atoms with Gasteiger partial charge in [0.05, 0.1) is 4.47 Å². The second-order valence-electron chi connectivity index (χ2n) is 5.37. The third kappa shape index (κ3) is 2.59. The SMILES string of the molecule is Cc1ccc2c(c1)CCCN2Cc1cccc(F)c1Br. The third-order valence-electron chi connectivity index (χ3n) is 3.84. The van der Waals surface area contributed by atoms with Crippen molar-refractivity contribution in [2.45, 2.75) is 26.3 Å². The standard InChI is InChI=1S/C17H17BrFN/c1-12-7-8-16-13(10-12)5-3-9-20(16)11-14-4-2-6-15(19)17(14)18/h2,4,6-8,10H,3,5,9,11H2,1H3. The van der Waals surface area contributed by atoms with Gasteiger partial charge in [0.15, 0.2) is 0 Å². The molecule has 1 heterocycles. The Bertz CT molecular complexity index is 639. The number of anilines is 1. The maximum absolute atomic E-state index is 13.6. The van der Waals surface area contributed by atoms with Crippen molar-refractivity contribution in [3.63, 3.8) is 0 Å². The topological polar surface area (TPSA) is 3.24 Å². The molecule has 0 aliphatic carbocycles. The molecule has 1 aliphatic heterocycles. The Morgan fingerprint density at radius 2 is 2.10 bits per heavy atom. The van der Waals surface area contributed by atoms with Crippen LogP contribution in [0, 0.1) is 12.7 Å². The van der Waals surface area contributed by atoms with E-state index in [2.05, 4.69) is 46.0 Å². The van der Waals surface area contributed by atoms with E-state index in [9.17, 15) is 4.39 Å². The van der Waals surface area contributed by atoms with E-state index >= 15 is 0 Å². The summed E-state index contributed by atoms with van der Waals surface area (Å²) in [5, 5.41) is 0. The van der Waals surface area contributed by atoms with Gasteiger partial charge in [-0.25, -0.2) is 4.39 Å². The van der Waals surface area contributed by atoms with Gasteiger partial charge < -0.3 is 4.90 Å². The highest BCUT2D eigenvalue weighted by Gasteiger charge is 2.18. The van der Waals surface area contributed by atoms with E-state index < -0.39 is 0 Å². The summed E-state index contributed by atoms with van der Waals surface area (Å²) in [6.45, 7) is 3.90. The van der Waals surface area contributed by atoms with Crippen LogP contribution >= 0.6 is 15.9 Å². The van der Waals surface area contributed by atoms with Gasteiger partial charge in [0.1, 0.15) is 5.82 Å². The summed E-state index contributed by atoms with van der Waals surface area (Å²) in [5.41, 5.74) is 5.00. The van der Waals surface area contributed by atoms with Gasteiger partial charge in [-0.15, -0.1) is 0 Å². The Balaban J connectivity index is 1.91. The van der Waals surface area contributed by atoms with Crippen molar-refractivity contribution < 1.29 is 4.39 Å². The largest absolute Gasteiger partial charge is 0.367 e. The first kappa shape index (κ1) is 13.6. The zero-order valence-electron chi connectivity index (χ0n) is 11.5. The molecule has 0 N–H and O–H groups in total. The number of aryl methyl sites for hydroxylation is 2. The van der Waals surface area contributed by atoms with Crippen LogP contribution in [0.4, 0.5) is 10.1 Å². The predicted octanol–water partition coefficient (Wildman–Crippen LogP) is 4.85. The summed E-state index contributed by atoms with van der Waals surface area (Å²) < 4.78 is 14.2. The highest BCUT2D eigenvalue weighted by molar-refractivity contribution is 9.10. The van der Waals surface area contributed by atoms with E-state index in [0.717, 1.165) is 31.5 Å². The zero-order chi connectivity index (χ0) is 14.1. The highest BCUT2D eigenvalue weighted by Crippen LogP contribution is 2.31. The minimum atomic E-state index is -0.191. The number of rotatable bonds is 2. The van der Waals surface area contributed by atoms with Gasteiger partial charge in [-0.3, -0.25) is 0 Å². The zero-order valence-corrected chi connectivity index (χ0v) is 13.1. The fourth-order valence-electron chi connectivity index (χ4n) is 2.84. The van der Waals surface area contributed by atoms with Gasteiger partial charge >= 0.3 is 0 Å². The van der Waals surface area contributed by atoms with E-state index in [0.29, 0.717) is 4.47 Å². The van der Waals surface area contributed by atoms with Gasteiger partial charge in [-0.1, -0.05) is 29.8 Å². The van der Waals surface area contributed by atoms with Crippen LogP contribution in [0.25, 0.3) is 0 Å². The molecule has 0 unspecified atom stereocenters. The molecule has 0 amide bonds. The molecule has 0 bridgehead atoms. The van der Waals surface area contributed by atoms with Gasteiger partial charge in [-0.2, -0.15) is 0 Å². The summed E-state index contributed by atoms with van der Waals surface area (Å²) >= 11 is 3.36. The number of hydrogen-bond acceptors (Lipinski definition) is 1. The van der Waals surface area contributed by atoms with E-state index in [1.807, 2.05) is 6.07 Å². The molecule has 0 fully saturated rings. The highest BCUT2D eigenvalue weighted by atomic mass is 79.9. The summed E-state index contributed by atoms with van der Waals surface area (Å²) in [7, 11) is 0. The summed E-state index contributed by atoms with van der Waals surface area (Å²) in [5.74, 6) is -0.191. The second-order valence-corrected chi connectivity index (χ2v) is 6.16. The molecular weight excluding hydrogens is 317 g/mol. The second kappa shape index (κ2) is 5.57. The molecule has 2 aromatic rings. The molecule has 1 nitrogen and oxygen atoms in total. The Kier molecular flexibility index (Phi) is 3.79. The molecule has 1 aliphatic rings. The summed E-state index contributed by atoms with van der Waals surface area (Å²) in [6, 6.07) is 11.9. The van der Waals surface area contributed by atoms with Crippen LogP contribution in [-0.4, -0.2) is 6.54 Å². The van der Waals surface area contributed by atoms with Crippen LogP contribution in [0.3, 0.4) is 0 Å². The fraction of sp³-hybridized carbons (Fsp3) is 0.294. The van der Waals surface area contributed by atoms with Crippen molar-refractivity contribution in [2.75, 3.05) is 11.4 Å². The molecule has 3 rings (SSSR count). The number of nitrogens with zero attached hydrogens (tertiary/aromatic N) is 1. The molecule has 0 saturated heterocycles.